The summed E-state index contributed by atoms with van der Waals surface area (Å²) in [6.45, 7) is 4.36. The van der Waals surface area contributed by atoms with Gasteiger partial charge < -0.3 is 0 Å². The van der Waals surface area contributed by atoms with Crippen molar-refractivity contribution in [2.45, 2.75) is 45.7 Å². The number of hydrogen-bond acceptors (Lipinski definition) is 6. The Morgan fingerprint density at radius 1 is 1.09 bits per heavy atom. The van der Waals surface area contributed by atoms with E-state index in [1.807, 2.05) is 49.5 Å². The van der Waals surface area contributed by atoms with E-state index in [2.05, 4.69) is 32.5 Å². The molecule has 1 aliphatic rings. The van der Waals surface area contributed by atoms with Gasteiger partial charge in [0.1, 0.15) is 6.04 Å². The number of aryl methyl sites for hydroxylation is 1. The number of nitrogens with one attached hydrogen (secondary N) is 1. The van der Waals surface area contributed by atoms with Gasteiger partial charge in [0.05, 0.1) is 12.2 Å². The molecule has 0 radical (unpaired) electrons. The van der Waals surface area contributed by atoms with E-state index in [0.717, 1.165) is 47.3 Å². The Kier molecular flexibility index (Phi) is 5.45. The van der Waals surface area contributed by atoms with Crippen molar-refractivity contribution in [1.29, 1.82) is 0 Å². The number of pyridine rings is 1. The molecule has 5 rings (SSSR count). The Morgan fingerprint density at radius 2 is 1.88 bits per heavy atom. The largest absolute Gasteiger partial charge is 0.329 e. The summed E-state index contributed by atoms with van der Waals surface area (Å²) in [6.07, 6.45) is 6.48. The van der Waals surface area contributed by atoms with Crippen molar-refractivity contribution in [3.63, 3.8) is 0 Å². The second-order valence-corrected chi connectivity index (χ2v) is 8.47. The normalized spacial score (nSPS) is 17.5. The molecule has 2 atom stereocenters. The number of unbranched alkanes of at least 4 members (excludes halogenated alkanes) is 1. The lowest BCUT2D eigenvalue weighted by atomic mass is 10.0. The van der Waals surface area contributed by atoms with Crippen LogP contribution in [0.25, 0.3) is 22.5 Å². The van der Waals surface area contributed by atoms with Crippen LogP contribution in [0.1, 0.15) is 44.1 Å². The van der Waals surface area contributed by atoms with Crippen molar-refractivity contribution < 1.29 is 4.79 Å². The Bertz CT molecular complexity index is 1340. The molecule has 0 amide bonds. The first-order valence-corrected chi connectivity index (χ1v) is 11.2. The highest BCUT2D eigenvalue weighted by atomic mass is 16.2. The molecule has 2 unspecified atom stereocenters. The molecule has 9 nitrogen and oxygen atoms in total. The van der Waals surface area contributed by atoms with Gasteiger partial charge in [0.15, 0.2) is 11.6 Å². The molecule has 1 fully saturated rings. The van der Waals surface area contributed by atoms with Crippen LogP contribution < -0.4 is 5.69 Å². The van der Waals surface area contributed by atoms with E-state index in [-0.39, 0.29) is 23.4 Å². The predicted molar refractivity (Wildman–Crippen MR) is 122 cm³/mol. The van der Waals surface area contributed by atoms with Crippen molar-refractivity contribution in [3.8, 4) is 22.5 Å². The maximum atomic E-state index is 13.1. The van der Waals surface area contributed by atoms with Crippen LogP contribution in [0, 0.1) is 5.92 Å². The van der Waals surface area contributed by atoms with Gasteiger partial charge >= 0.3 is 5.69 Å². The van der Waals surface area contributed by atoms with Gasteiger partial charge in [0, 0.05) is 35.1 Å². The molecular formula is C24H25N7O2. The predicted octanol–water partition coefficient (Wildman–Crippen LogP) is 3.04. The van der Waals surface area contributed by atoms with Crippen molar-refractivity contribution in [2.24, 2.45) is 5.92 Å². The van der Waals surface area contributed by atoms with E-state index in [9.17, 15) is 9.59 Å². The minimum Gasteiger partial charge on any atom is -0.297 e. The van der Waals surface area contributed by atoms with Crippen LogP contribution in [0.4, 0.5) is 0 Å². The van der Waals surface area contributed by atoms with Gasteiger partial charge in [-0.1, -0.05) is 50.6 Å². The molecule has 1 aliphatic carbocycles. The number of rotatable bonds is 8. The van der Waals surface area contributed by atoms with Crippen LogP contribution >= 0.6 is 0 Å². The second-order valence-electron chi connectivity index (χ2n) is 8.47. The molecule has 0 saturated heterocycles. The molecule has 1 N–H and O–H groups in total. The van der Waals surface area contributed by atoms with Gasteiger partial charge in [-0.25, -0.2) is 9.89 Å². The standard InChI is InChI=1S/C24H25N7O2/c1-3-4-7-18-14-31(21-15(2)22(21)32)24(33)30(18)13-17-11-10-16(12-25-17)19-8-5-6-9-20(19)23-26-28-29-27-23/h5-6,8-12,14-15,21H,3-4,7,13H2,1-2H3,(H,26,27,28,29). The number of hydrogen-bond donors (Lipinski definition) is 1. The summed E-state index contributed by atoms with van der Waals surface area (Å²) >= 11 is 0. The highest BCUT2D eigenvalue weighted by Crippen LogP contribution is 2.37. The molecule has 3 heterocycles. The van der Waals surface area contributed by atoms with Crippen molar-refractivity contribution >= 4 is 5.78 Å². The quantitative estimate of drug-likeness (QED) is 0.448. The molecule has 0 spiro atoms. The topological polar surface area (TPSA) is 111 Å². The number of tetrazole rings is 1. The van der Waals surface area contributed by atoms with Crippen LogP contribution in [0.5, 0.6) is 0 Å². The molecule has 168 valence electrons. The highest BCUT2D eigenvalue weighted by molar-refractivity contribution is 6.00. The fourth-order valence-corrected chi connectivity index (χ4v) is 4.25. The number of imidazole rings is 1. The van der Waals surface area contributed by atoms with Gasteiger partial charge in [-0.15, -0.1) is 5.10 Å². The van der Waals surface area contributed by atoms with E-state index in [1.54, 1.807) is 15.3 Å². The number of carbonyl (C=O) groups excluding carboxylic acids is 1. The van der Waals surface area contributed by atoms with E-state index >= 15 is 0 Å². The second kappa shape index (κ2) is 8.57. The van der Waals surface area contributed by atoms with Crippen LogP contribution in [-0.4, -0.2) is 40.5 Å². The summed E-state index contributed by atoms with van der Waals surface area (Å²) in [6, 6.07) is 11.4. The third kappa shape index (κ3) is 3.90. The van der Waals surface area contributed by atoms with Gasteiger partial charge in [0.25, 0.3) is 0 Å². The molecule has 0 bridgehead atoms. The lowest BCUT2D eigenvalue weighted by Gasteiger charge is -2.09. The Hall–Kier alpha value is -3.88. The van der Waals surface area contributed by atoms with E-state index in [4.69, 9.17) is 0 Å². The van der Waals surface area contributed by atoms with Crippen LogP contribution in [0.2, 0.25) is 0 Å². The molecule has 33 heavy (non-hydrogen) atoms. The zero-order valence-electron chi connectivity index (χ0n) is 18.6. The Labute approximate surface area is 190 Å². The van der Waals surface area contributed by atoms with E-state index < -0.39 is 0 Å². The van der Waals surface area contributed by atoms with E-state index in [1.165, 1.54) is 0 Å². The molecule has 0 aliphatic heterocycles. The van der Waals surface area contributed by atoms with Crippen molar-refractivity contribution in [2.75, 3.05) is 0 Å². The molecule has 1 aromatic carbocycles. The van der Waals surface area contributed by atoms with Gasteiger partial charge in [0.2, 0.25) is 0 Å². The lowest BCUT2D eigenvalue weighted by Crippen LogP contribution is -2.26. The number of H-pyrrole nitrogens is 1. The molecule has 1 saturated carbocycles. The first kappa shape index (κ1) is 21.0. The maximum Gasteiger partial charge on any atom is 0.329 e. The molecule has 9 heteroatoms. The first-order chi connectivity index (χ1) is 16.1. The van der Waals surface area contributed by atoms with Gasteiger partial charge in [-0.3, -0.25) is 18.9 Å². The third-order valence-corrected chi connectivity index (χ3v) is 6.26. The molecule has 4 aromatic rings. The summed E-state index contributed by atoms with van der Waals surface area (Å²) in [5, 5.41) is 14.2. The highest BCUT2D eigenvalue weighted by Gasteiger charge is 2.48. The maximum absolute atomic E-state index is 13.1. The molecule has 3 aromatic heterocycles. The number of nitrogens with zero attached hydrogens (tertiary/aromatic N) is 6. The fraction of sp³-hybridized carbons (Fsp3) is 0.333. The fourth-order valence-electron chi connectivity index (χ4n) is 4.25. The van der Waals surface area contributed by atoms with Crippen LogP contribution in [0.3, 0.4) is 0 Å². The van der Waals surface area contributed by atoms with Crippen molar-refractivity contribution in [3.05, 3.63) is 70.7 Å². The summed E-state index contributed by atoms with van der Waals surface area (Å²) in [5.74, 6) is 0.626. The monoisotopic (exact) mass is 443 g/mol. The average molecular weight is 444 g/mol. The summed E-state index contributed by atoms with van der Waals surface area (Å²) < 4.78 is 3.36. The minimum atomic E-state index is -0.323. The van der Waals surface area contributed by atoms with Crippen LogP contribution in [0.15, 0.2) is 53.6 Å². The minimum absolute atomic E-state index is 0.0883. The number of Topliss-reactive ketones (excluding diaryl/α,β-unsaturated/α-hetero) is 1. The summed E-state index contributed by atoms with van der Waals surface area (Å²) in [4.78, 5) is 29.7. The third-order valence-electron chi connectivity index (χ3n) is 6.26. The van der Waals surface area contributed by atoms with Crippen molar-refractivity contribution in [1.82, 2.24) is 34.7 Å². The first-order valence-electron chi connectivity index (χ1n) is 11.2. The summed E-state index contributed by atoms with van der Waals surface area (Å²) in [7, 11) is 0. The molecular weight excluding hydrogens is 418 g/mol. The smallest absolute Gasteiger partial charge is 0.297 e. The lowest BCUT2D eigenvalue weighted by molar-refractivity contribution is -0.111. The number of ketones is 1. The zero-order chi connectivity index (χ0) is 22.9. The SMILES string of the molecule is CCCCc1cn(C2C(=O)C2C)c(=O)n1Cc1ccc(-c2ccccc2-c2nnn[nH]2)cn1. The van der Waals surface area contributed by atoms with Gasteiger partial charge in [-0.05, 0) is 34.9 Å². The van der Waals surface area contributed by atoms with Crippen LogP contribution in [-0.2, 0) is 17.8 Å². The number of aromatic amines is 1. The number of benzene rings is 1. The Balaban J connectivity index is 1.44. The van der Waals surface area contributed by atoms with E-state index in [0.29, 0.717) is 12.4 Å². The Morgan fingerprint density at radius 3 is 2.52 bits per heavy atom. The number of aromatic nitrogens is 7. The zero-order valence-corrected chi connectivity index (χ0v) is 18.6. The summed E-state index contributed by atoms with van der Waals surface area (Å²) in [5.41, 5.74) is 4.36. The number of carbonyl (C=O) groups is 1. The van der Waals surface area contributed by atoms with Gasteiger partial charge in [-0.2, -0.15) is 0 Å². The average Bonchev–Trinajstić information content (AvgIpc) is 3.21.